The molecule has 2 heterocycles. The number of fused-ring (bicyclic) bond motifs is 3. The highest BCUT2D eigenvalue weighted by atomic mass is 16.5. The van der Waals surface area contributed by atoms with E-state index >= 15 is 0 Å². The number of morpholine rings is 1. The third-order valence-corrected chi connectivity index (χ3v) is 4.88. The molecule has 4 rings (SSSR count). The standard InChI is InChI=1S/C18H21NO3/c1-21-17-7-6-16(14-4-2-3-5-15(14)17)18(20)8-12-10-22-11-13(9-18)19-12/h2-7,12-13,19-20H,8-11H2,1H3. The molecule has 116 valence electrons. The maximum absolute atomic E-state index is 11.4. The van der Waals surface area contributed by atoms with Crippen LogP contribution in [-0.2, 0) is 10.3 Å². The Kier molecular flexibility index (Phi) is 3.33. The summed E-state index contributed by atoms with van der Waals surface area (Å²) in [5.74, 6) is 0.848. The second-order valence-electron chi connectivity index (χ2n) is 6.40. The number of benzene rings is 2. The summed E-state index contributed by atoms with van der Waals surface area (Å²) < 4.78 is 11.1. The fourth-order valence-corrected chi connectivity index (χ4v) is 3.99. The van der Waals surface area contributed by atoms with Crippen LogP contribution >= 0.6 is 0 Å². The number of ether oxygens (including phenoxy) is 2. The van der Waals surface area contributed by atoms with Crippen LogP contribution in [0.4, 0.5) is 0 Å². The van der Waals surface area contributed by atoms with Gasteiger partial charge in [-0.15, -0.1) is 0 Å². The van der Waals surface area contributed by atoms with Crippen molar-refractivity contribution in [2.45, 2.75) is 30.5 Å². The lowest BCUT2D eigenvalue weighted by atomic mass is 9.76. The molecular weight excluding hydrogens is 278 g/mol. The summed E-state index contributed by atoms with van der Waals surface area (Å²) in [4.78, 5) is 0. The second kappa shape index (κ2) is 5.23. The monoisotopic (exact) mass is 299 g/mol. The van der Waals surface area contributed by atoms with E-state index in [0.717, 1.165) is 22.1 Å². The molecule has 22 heavy (non-hydrogen) atoms. The third-order valence-electron chi connectivity index (χ3n) is 4.88. The Bertz CT molecular complexity index is 688. The summed E-state index contributed by atoms with van der Waals surface area (Å²) in [6.07, 6.45) is 1.36. The molecule has 0 aliphatic carbocycles. The molecule has 4 nitrogen and oxygen atoms in total. The highest BCUT2D eigenvalue weighted by molar-refractivity contribution is 5.91. The summed E-state index contributed by atoms with van der Waals surface area (Å²) in [5, 5.41) is 17.0. The molecule has 2 aliphatic heterocycles. The lowest BCUT2D eigenvalue weighted by Crippen LogP contribution is -2.58. The molecule has 0 spiro atoms. The lowest BCUT2D eigenvalue weighted by Gasteiger charge is -2.45. The van der Waals surface area contributed by atoms with Crippen LogP contribution in [0.15, 0.2) is 36.4 Å². The van der Waals surface area contributed by atoms with E-state index in [-0.39, 0.29) is 12.1 Å². The first-order valence-electron chi connectivity index (χ1n) is 7.82. The average molecular weight is 299 g/mol. The van der Waals surface area contributed by atoms with Crippen molar-refractivity contribution in [3.63, 3.8) is 0 Å². The van der Waals surface area contributed by atoms with Gasteiger partial charge >= 0.3 is 0 Å². The third kappa shape index (κ3) is 2.19. The highest BCUT2D eigenvalue weighted by Crippen LogP contribution is 2.41. The molecule has 2 N–H and O–H groups in total. The molecule has 0 radical (unpaired) electrons. The van der Waals surface area contributed by atoms with Gasteiger partial charge in [-0.2, -0.15) is 0 Å². The van der Waals surface area contributed by atoms with Crippen molar-refractivity contribution in [1.29, 1.82) is 0 Å². The van der Waals surface area contributed by atoms with Crippen LogP contribution in [-0.4, -0.2) is 37.5 Å². The molecule has 2 unspecified atom stereocenters. The largest absolute Gasteiger partial charge is 0.496 e. The van der Waals surface area contributed by atoms with Crippen LogP contribution in [0, 0.1) is 0 Å². The van der Waals surface area contributed by atoms with Gasteiger partial charge < -0.3 is 19.9 Å². The number of hydrogen-bond acceptors (Lipinski definition) is 4. The molecule has 2 fully saturated rings. The number of nitrogens with one attached hydrogen (secondary N) is 1. The molecule has 2 atom stereocenters. The van der Waals surface area contributed by atoms with Crippen LogP contribution in [0.3, 0.4) is 0 Å². The molecule has 2 aliphatic rings. The van der Waals surface area contributed by atoms with Crippen LogP contribution < -0.4 is 10.1 Å². The van der Waals surface area contributed by atoms with E-state index in [1.165, 1.54) is 0 Å². The molecule has 2 saturated heterocycles. The zero-order chi connectivity index (χ0) is 15.2. The first kappa shape index (κ1) is 14.0. The smallest absolute Gasteiger partial charge is 0.126 e. The minimum Gasteiger partial charge on any atom is -0.496 e. The van der Waals surface area contributed by atoms with E-state index in [2.05, 4.69) is 11.4 Å². The molecule has 4 heteroatoms. The Hall–Kier alpha value is -1.62. The maximum atomic E-state index is 11.4. The van der Waals surface area contributed by atoms with Gasteiger partial charge in [-0.05, 0) is 29.9 Å². The number of methoxy groups -OCH3 is 1. The van der Waals surface area contributed by atoms with Gasteiger partial charge in [0.1, 0.15) is 5.75 Å². The Labute approximate surface area is 130 Å². The zero-order valence-electron chi connectivity index (χ0n) is 12.7. The van der Waals surface area contributed by atoms with E-state index in [9.17, 15) is 5.11 Å². The summed E-state index contributed by atoms with van der Waals surface area (Å²) in [6, 6.07) is 12.6. The Morgan fingerprint density at radius 1 is 1.09 bits per heavy atom. The number of rotatable bonds is 2. The van der Waals surface area contributed by atoms with Crippen molar-refractivity contribution in [3.05, 3.63) is 42.0 Å². The maximum Gasteiger partial charge on any atom is 0.126 e. The van der Waals surface area contributed by atoms with Gasteiger partial charge in [-0.3, -0.25) is 0 Å². The average Bonchev–Trinajstić information content (AvgIpc) is 2.53. The van der Waals surface area contributed by atoms with Crippen molar-refractivity contribution < 1.29 is 14.6 Å². The number of piperidine rings is 1. The Balaban J connectivity index is 1.83. The number of aliphatic hydroxyl groups is 1. The van der Waals surface area contributed by atoms with Crippen LogP contribution in [0.2, 0.25) is 0 Å². The lowest BCUT2D eigenvalue weighted by molar-refractivity contribution is -0.0794. The van der Waals surface area contributed by atoms with Gasteiger partial charge in [0.25, 0.3) is 0 Å². The molecule has 2 aromatic carbocycles. The van der Waals surface area contributed by atoms with Crippen molar-refractivity contribution in [3.8, 4) is 5.75 Å². The van der Waals surface area contributed by atoms with E-state index in [0.29, 0.717) is 26.1 Å². The highest BCUT2D eigenvalue weighted by Gasteiger charge is 2.43. The molecule has 2 aromatic rings. The Morgan fingerprint density at radius 2 is 1.77 bits per heavy atom. The quantitative estimate of drug-likeness (QED) is 0.892. The minimum atomic E-state index is -0.809. The summed E-state index contributed by atoms with van der Waals surface area (Å²) >= 11 is 0. The summed E-state index contributed by atoms with van der Waals surface area (Å²) in [5.41, 5.74) is 0.193. The fourth-order valence-electron chi connectivity index (χ4n) is 3.99. The molecule has 2 bridgehead atoms. The van der Waals surface area contributed by atoms with E-state index < -0.39 is 5.60 Å². The predicted octanol–water partition coefficient (Wildman–Crippen LogP) is 2.19. The number of hydrogen-bond donors (Lipinski definition) is 2. The van der Waals surface area contributed by atoms with Crippen LogP contribution in [0.25, 0.3) is 10.8 Å². The first-order chi connectivity index (χ1) is 10.7. The molecular formula is C18H21NO3. The van der Waals surface area contributed by atoms with Crippen molar-refractivity contribution in [2.24, 2.45) is 0 Å². The second-order valence-corrected chi connectivity index (χ2v) is 6.40. The zero-order valence-corrected chi connectivity index (χ0v) is 12.7. The molecule has 0 amide bonds. The van der Waals surface area contributed by atoms with E-state index in [1.54, 1.807) is 7.11 Å². The van der Waals surface area contributed by atoms with Gasteiger partial charge in [-0.25, -0.2) is 0 Å². The summed E-state index contributed by atoms with van der Waals surface area (Å²) in [6.45, 7) is 1.35. The van der Waals surface area contributed by atoms with Gasteiger partial charge in [-0.1, -0.05) is 30.3 Å². The van der Waals surface area contributed by atoms with Crippen molar-refractivity contribution in [1.82, 2.24) is 5.32 Å². The van der Waals surface area contributed by atoms with Crippen LogP contribution in [0.1, 0.15) is 18.4 Å². The van der Waals surface area contributed by atoms with E-state index in [1.807, 2.05) is 30.3 Å². The topological polar surface area (TPSA) is 50.7 Å². The van der Waals surface area contributed by atoms with Gasteiger partial charge in [0.2, 0.25) is 0 Å². The fraction of sp³-hybridized carbons (Fsp3) is 0.444. The summed E-state index contributed by atoms with van der Waals surface area (Å²) in [7, 11) is 1.68. The first-order valence-corrected chi connectivity index (χ1v) is 7.82. The van der Waals surface area contributed by atoms with Crippen LogP contribution in [0.5, 0.6) is 5.75 Å². The van der Waals surface area contributed by atoms with Crippen molar-refractivity contribution >= 4 is 10.8 Å². The Morgan fingerprint density at radius 3 is 2.45 bits per heavy atom. The molecule has 0 saturated carbocycles. The van der Waals surface area contributed by atoms with Gasteiger partial charge in [0.15, 0.2) is 0 Å². The molecule has 0 aromatic heterocycles. The van der Waals surface area contributed by atoms with Crippen molar-refractivity contribution in [2.75, 3.05) is 20.3 Å². The van der Waals surface area contributed by atoms with E-state index in [4.69, 9.17) is 9.47 Å². The van der Waals surface area contributed by atoms with Gasteiger partial charge in [0.05, 0.1) is 25.9 Å². The predicted molar refractivity (Wildman–Crippen MR) is 85.2 cm³/mol. The minimum absolute atomic E-state index is 0.221. The SMILES string of the molecule is COc1ccc(C2(O)CC3COCC(C2)N3)c2ccccc12. The normalized spacial score (nSPS) is 31.2. The van der Waals surface area contributed by atoms with Gasteiger partial charge in [0, 0.05) is 17.5 Å².